The SMILES string of the molecule is Cc1cccc(NC(=O)C2CCN(S(=O)(=O)c3ccc4c(c3)CCCC4)CC2)n1. The molecule has 1 aromatic carbocycles. The molecule has 0 unspecified atom stereocenters. The molecule has 7 heteroatoms. The highest BCUT2D eigenvalue weighted by Crippen LogP contribution is 2.28. The Bertz CT molecular complexity index is 1010. The summed E-state index contributed by atoms with van der Waals surface area (Å²) in [5.74, 6) is 0.250. The van der Waals surface area contributed by atoms with Crippen molar-refractivity contribution in [2.45, 2.75) is 50.3 Å². The molecular weight excluding hydrogens is 386 g/mol. The highest BCUT2D eigenvalue weighted by Gasteiger charge is 2.32. The van der Waals surface area contributed by atoms with Gasteiger partial charge in [-0.2, -0.15) is 4.31 Å². The molecule has 2 aliphatic rings. The zero-order chi connectivity index (χ0) is 20.4. The summed E-state index contributed by atoms with van der Waals surface area (Å²) in [7, 11) is -3.52. The number of sulfonamides is 1. The van der Waals surface area contributed by atoms with Crippen LogP contribution in [0.1, 0.15) is 42.5 Å². The highest BCUT2D eigenvalue weighted by atomic mass is 32.2. The third-order valence-electron chi connectivity index (χ3n) is 5.92. The van der Waals surface area contributed by atoms with Gasteiger partial charge in [0.15, 0.2) is 0 Å². The van der Waals surface area contributed by atoms with E-state index in [1.807, 2.05) is 31.2 Å². The minimum Gasteiger partial charge on any atom is -0.310 e. The van der Waals surface area contributed by atoms with Crippen molar-refractivity contribution >= 4 is 21.7 Å². The van der Waals surface area contributed by atoms with Crippen LogP contribution in [0.4, 0.5) is 5.82 Å². The molecule has 1 fully saturated rings. The normalized spacial score (nSPS) is 18.2. The number of rotatable bonds is 4. The Kier molecular flexibility index (Phi) is 5.69. The van der Waals surface area contributed by atoms with Crippen LogP contribution in [0, 0.1) is 12.8 Å². The maximum absolute atomic E-state index is 13.1. The van der Waals surface area contributed by atoms with Gasteiger partial charge in [0, 0.05) is 24.7 Å². The van der Waals surface area contributed by atoms with E-state index in [0.717, 1.165) is 30.5 Å². The van der Waals surface area contributed by atoms with Gasteiger partial charge in [-0.25, -0.2) is 13.4 Å². The van der Waals surface area contributed by atoms with E-state index < -0.39 is 10.0 Å². The molecular formula is C22H27N3O3S. The van der Waals surface area contributed by atoms with E-state index in [4.69, 9.17) is 0 Å². The number of fused-ring (bicyclic) bond motifs is 1. The molecule has 0 spiro atoms. The van der Waals surface area contributed by atoms with Crippen LogP contribution >= 0.6 is 0 Å². The number of anilines is 1. The summed E-state index contributed by atoms with van der Waals surface area (Å²) in [5.41, 5.74) is 3.28. The zero-order valence-corrected chi connectivity index (χ0v) is 17.5. The lowest BCUT2D eigenvalue weighted by Crippen LogP contribution is -2.41. The zero-order valence-electron chi connectivity index (χ0n) is 16.7. The van der Waals surface area contributed by atoms with Gasteiger partial charge in [0.05, 0.1) is 4.90 Å². The van der Waals surface area contributed by atoms with Gasteiger partial charge in [-0.1, -0.05) is 12.1 Å². The van der Waals surface area contributed by atoms with Crippen LogP contribution in [-0.4, -0.2) is 36.7 Å². The third kappa shape index (κ3) is 4.36. The quantitative estimate of drug-likeness (QED) is 0.834. The predicted molar refractivity (Wildman–Crippen MR) is 112 cm³/mol. The number of aryl methyl sites for hydroxylation is 3. The lowest BCUT2D eigenvalue weighted by atomic mass is 9.92. The van der Waals surface area contributed by atoms with Crippen LogP contribution in [0.5, 0.6) is 0 Å². The van der Waals surface area contributed by atoms with Crippen LogP contribution in [0.15, 0.2) is 41.3 Å². The molecule has 0 bridgehead atoms. The molecule has 0 atom stereocenters. The molecule has 1 N–H and O–H groups in total. The Morgan fingerprint density at radius 2 is 1.79 bits per heavy atom. The van der Waals surface area contributed by atoms with Crippen molar-refractivity contribution in [2.24, 2.45) is 5.92 Å². The predicted octanol–water partition coefficient (Wildman–Crippen LogP) is 3.31. The summed E-state index contributed by atoms with van der Waals surface area (Å²) in [6.07, 6.45) is 5.31. The van der Waals surface area contributed by atoms with Crippen LogP contribution in [-0.2, 0) is 27.7 Å². The van der Waals surface area contributed by atoms with Gasteiger partial charge >= 0.3 is 0 Å². The van der Waals surface area contributed by atoms with Crippen molar-refractivity contribution in [3.8, 4) is 0 Å². The number of hydrogen-bond donors (Lipinski definition) is 1. The number of benzene rings is 1. The summed E-state index contributed by atoms with van der Waals surface area (Å²) >= 11 is 0. The van der Waals surface area contributed by atoms with Crippen molar-refractivity contribution in [3.63, 3.8) is 0 Å². The molecule has 0 radical (unpaired) electrons. The van der Waals surface area contributed by atoms with E-state index in [1.54, 1.807) is 12.1 Å². The fraction of sp³-hybridized carbons (Fsp3) is 0.455. The average molecular weight is 414 g/mol. The Hall–Kier alpha value is -2.25. The Labute approximate surface area is 172 Å². The van der Waals surface area contributed by atoms with Crippen LogP contribution in [0.25, 0.3) is 0 Å². The van der Waals surface area contributed by atoms with Crippen molar-refractivity contribution in [2.75, 3.05) is 18.4 Å². The first kappa shape index (κ1) is 20.0. The number of aromatic nitrogens is 1. The highest BCUT2D eigenvalue weighted by molar-refractivity contribution is 7.89. The van der Waals surface area contributed by atoms with Gasteiger partial charge in [-0.15, -0.1) is 0 Å². The molecule has 4 rings (SSSR count). The second kappa shape index (κ2) is 8.24. The standard InChI is InChI=1S/C22H27N3O3S/c1-16-5-4-8-21(23-16)24-22(26)18-11-13-25(14-12-18)29(27,28)20-10-9-17-6-2-3-7-19(17)15-20/h4-5,8-10,15,18H,2-3,6-7,11-14H2,1H3,(H,23,24,26). The molecule has 6 nitrogen and oxygen atoms in total. The van der Waals surface area contributed by atoms with Gasteiger partial charge in [0.2, 0.25) is 15.9 Å². The summed E-state index contributed by atoms with van der Waals surface area (Å²) in [5, 5.41) is 2.85. The minimum absolute atomic E-state index is 0.0890. The fourth-order valence-electron chi connectivity index (χ4n) is 4.22. The summed E-state index contributed by atoms with van der Waals surface area (Å²) in [4.78, 5) is 17.2. The van der Waals surface area contributed by atoms with Crippen molar-refractivity contribution in [3.05, 3.63) is 53.2 Å². The molecule has 2 aromatic rings. The van der Waals surface area contributed by atoms with E-state index >= 15 is 0 Å². The first-order valence-corrected chi connectivity index (χ1v) is 11.7. The number of hydrogen-bond acceptors (Lipinski definition) is 4. The molecule has 2 heterocycles. The van der Waals surface area contributed by atoms with Crippen LogP contribution in [0.3, 0.4) is 0 Å². The summed E-state index contributed by atoms with van der Waals surface area (Å²) in [6.45, 7) is 2.59. The Morgan fingerprint density at radius 1 is 1.07 bits per heavy atom. The number of carbonyl (C=O) groups is 1. The van der Waals surface area contributed by atoms with Crippen molar-refractivity contribution < 1.29 is 13.2 Å². The van der Waals surface area contributed by atoms with Crippen LogP contribution in [0.2, 0.25) is 0 Å². The van der Waals surface area contributed by atoms with Gasteiger partial charge < -0.3 is 5.32 Å². The second-order valence-electron chi connectivity index (χ2n) is 7.97. The van der Waals surface area contributed by atoms with E-state index in [-0.39, 0.29) is 11.8 Å². The van der Waals surface area contributed by atoms with Gasteiger partial charge in [0.1, 0.15) is 5.82 Å². The molecule has 29 heavy (non-hydrogen) atoms. The first-order valence-electron chi connectivity index (χ1n) is 10.3. The maximum Gasteiger partial charge on any atom is 0.243 e. The largest absolute Gasteiger partial charge is 0.310 e. The van der Waals surface area contributed by atoms with E-state index in [2.05, 4.69) is 10.3 Å². The van der Waals surface area contributed by atoms with E-state index in [0.29, 0.717) is 36.6 Å². The molecule has 1 amide bonds. The van der Waals surface area contributed by atoms with Gasteiger partial charge in [-0.05, 0) is 80.8 Å². The number of nitrogens with one attached hydrogen (secondary N) is 1. The van der Waals surface area contributed by atoms with E-state index in [1.165, 1.54) is 16.3 Å². The molecule has 1 saturated heterocycles. The lowest BCUT2D eigenvalue weighted by molar-refractivity contribution is -0.120. The number of pyridine rings is 1. The van der Waals surface area contributed by atoms with Crippen LogP contribution < -0.4 is 5.32 Å². The Balaban J connectivity index is 1.40. The number of nitrogens with zero attached hydrogens (tertiary/aromatic N) is 2. The van der Waals surface area contributed by atoms with E-state index in [9.17, 15) is 13.2 Å². The van der Waals surface area contributed by atoms with Crippen molar-refractivity contribution in [1.29, 1.82) is 0 Å². The topological polar surface area (TPSA) is 79.4 Å². The fourth-order valence-corrected chi connectivity index (χ4v) is 5.74. The molecule has 1 aliphatic heterocycles. The summed E-state index contributed by atoms with van der Waals surface area (Å²) in [6, 6.07) is 11.1. The van der Waals surface area contributed by atoms with Gasteiger partial charge in [-0.3, -0.25) is 4.79 Å². The number of piperidine rings is 1. The molecule has 154 valence electrons. The third-order valence-corrected chi connectivity index (χ3v) is 7.82. The lowest BCUT2D eigenvalue weighted by Gasteiger charge is -2.30. The maximum atomic E-state index is 13.1. The minimum atomic E-state index is -3.52. The number of carbonyl (C=O) groups excluding carboxylic acids is 1. The van der Waals surface area contributed by atoms with Gasteiger partial charge in [0.25, 0.3) is 0 Å². The van der Waals surface area contributed by atoms with Crippen molar-refractivity contribution in [1.82, 2.24) is 9.29 Å². The average Bonchev–Trinajstić information content (AvgIpc) is 2.73. The first-order chi connectivity index (χ1) is 13.9. The monoisotopic (exact) mass is 413 g/mol. The second-order valence-corrected chi connectivity index (χ2v) is 9.91. The smallest absolute Gasteiger partial charge is 0.243 e. The molecule has 1 aliphatic carbocycles. The number of amides is 1. The molecule has 0 saturated carbocycles. The molecule has 1 aromatic heterocycles. The Morgan fingerprint density at radius 3 is 2.52 bits per heavy atom. The summed E-state index contributed by atoms with van der Waals surface area (Å²) < 4.78 is 27.7.